The first-order chi connectivity index (χ1) is 14.7. The van der Waals surface area contributed by atoms with Crippen molar-refractivity contribution < 1.29 is 14.6 Å². The van der Waals surface area contributed by atoms with Gasteiger partial charge in [-0.15, -0.1) is 0 Å². The molecule has 0 aromatic heterocycles. The number of nitriles is 1. The predicted octanol–water partition coefficient (Wildman–Crippen LogP) is 6.81. The van der Waals surface area contributed by atoms with E-state index >= 15 is 0 Å². The monoisotopic (exact) mass is 437 g/mol. The van der Waals surface area contributed by atoms with Crippen molar-refractivity contribution in [3.63, 3.8) is 0 Å². The van der Waals surface area contributed by atoms with Crippen molar-refractivity contribution in [1.29, 1.82) is 5.26 Å². The molecule has 0 aliphatic heterocycles. The Balaban J connectivity index is 1.98. The highest BCUT2D eigenvalue weighted by molar-refractivity contribution is 6.30. The first kappa shape index (κ1) is 26.9. The van der Waals surface area contributed by atoms with Crippen LogP contribution < -0.4 is 0 Å². The van der Waals surface area contributed by atoms with Crippen LogP contribution in [0.1, 0.15) is 95.1 Å². The van der Waals surface area contributed by atoms with Gasteiger partial charge in [-0.3, -0.25) is 0 Å². The Labute approximate surface area is 188 Å². The summed E-state index contributed by atoms with van der Waals surface area (Å²) in [6.07, 6.45) is 15.5. The molecule has 0 saturated carbocycles. The molecule has 0 spiro atoms. The lowest BCUT2D eigenvalue weighted by molar-refractivity contribution is -0.0502. The number of nitrogens with zero attached hydrogens (tertiary/aromatic N) is 1. The third-order valence-electron chi connectivity index (χ3n) is 5.22. The Hall–Kier alpha value is -1.12. The van der Waals surface area contributed by atoms with E-state index in [0.717, 1.165) is 12.0 Å². The zero-order valence-electron chi connectivity index (χ0n) is 18.7. The van der Waals surface area contributed by atoms with Crippen LogP contribution in [0, 0.1) is 11.3 Å². The molecule has 0 amide bonds. The highest BCUT2D eigenvalue weighted by Gasteiger charge is 2.09. The van der Waals surface area contributed by atoms with Gasteiger partial charge in [0.15, 0.2) is 0 Å². The Morgan fingerprint density at radius 3 is 2.10 bits per heavy atom. The van der Waals surface area contributed by atoms with Gasteiger partial charge in [-0.2, -0.15) is 5.26 Å². The Morgan fingerprint density at radius 2 is 1.53 bits per heavy atom. The van der Waals surface area contributed by atoms with Crippen LogP contribution in [-0.4, -0.2) is 31.0 Å². The Kier molecular flexibility index (Phi) is 16.7. The topological polar surface area (TPSA) is 62.5 Å². The summed E-state index contributed by atoms with van der Waals surface area (Å²) in [5.41, 5.74) is 1.32. The molecule has 0 heterocycles. The second-order valence-electron chi connectivity index (χ2n) is 8.04. The predicted molar refractivity (Wildman–Crippen MR) is 124 cm³/mol. The van der Waals surface area contributed by atoms with E-state index in [2.05, 4.69) is 13.0 Å². The average Bonchev–Trinajstić information content (AvgIpc) is 2.75. The molecule has 170 valence electrons. The largest absolute Gasteiger partial charge is 0.394 e. The molecule has 0 radical (unpaired) electrons. The summed E-state index contributed by atoms with van der Waals surface area (Å²) in [5, 5.41) is 19.0. The fraction of sp³-hybridized carbons (Fsp3) is 0.720. The molecule has 1 atom stereocenters. The van der Waals surface area contributed by atoms with Gasteiger partial charge in [0.1, 0.15) is 6.10 Å². The zero-order valence-corrected chi connectivity index (χ0v) is 19.5. The SMILES string of the molecule is CCCCCCCCCCCCCCOC[C@H](CO)OCc1cc(Cl)cc(C#N)c1. The first-order valence-electron chi connectivity index (χ1n) is 11.7. The lowest BCUT2D eigenvalue weighted by atomic mass is 10.1. The van der Waals surface area contributed by atoms with Crippen molar-refractivity contribution in [3.05, 3.63) is 34.3 Å². The number of halogens is 1. The molecule has 5 heteroatoms. The molecule has 1 rings (SSSR count). The summed E-state index contributed by atoms with van der Waals surface area (Å²) in [7, 11) is 0. The van der Waals surface area contributed by atoms with Crippen molar-refractivity contribution >= 4 is 11.6 Å². The van der Waals surface area contributed by atoms with Crippen LogP contribution in [0.3, 0.4) is 0 Å². The summed E-state index contributed by atoms with van der Waals surface area (Å²) in [4.78, 5) is 0. The van der Waals surface area contributed by atoms with Gasteiger partial charge >= 0.3 is 0 Å². The van der Waals surface area contributed by atoms with E-state index in [-0.39, 0.29) is 12.7 Å². The van der Waals surface area contributed by atoms with Gasteiger partial charge in [-0.25, -0.2) is 0 Å². The Morgan fingerprint density at radius 1 is 0.933 bits per heavy atom. The first-order valence-corrected chi connectivity index (χ1v) is 12.1. The highest BCUT2D eigenvalue weighted by atomic mass is 35.5. The lowest BCUT2D eigenvalue weighted by Crippen LogP contribution is -2.24. The minimum absolute atomic E-state index is 0.0931. The summed E-state index contributed by atoms with van der Waals surface area (Å²) < 4.78 is 11.4. The number of ether oxygens (including phenoxy) is 2. The number of aliphatic hydroxyl groups excluding tert-OH is 1. The molecular formula is C25H40ClNO3. The summed E-state index contributed by atoms with van der Waals surface area (Å²) >= 11 is 6.00. The third kappa shape index (κ3) is 14.0. The number of hydrogen-bond donors (Lipinski definition) is 1. The smallest absolute Gasteiger partial charge is 0.104 e. The second kappa shape index (κ2) is 18.6. The van der Waals surface area contributed by atoms with Crippen LogP contribution in [0.5, 0.6) is 0 Å². The standard InChI is InChI=1S/C25H40ClNO3/c1-2-3-4-5-6-7-8-9-10-11-12-13-14-29-21-25(19-28)30-20-23-15-22(18-27)16-24(26)17-23/h15-17,25,28H,2-14,19-21H2,1H3/t25-/m0/s1. The van der Waals surface area contributed by atoms with Crippen LogP contribution in [0.2, 0.25) is 5.02 Å². The molecule has 4 nitrogen and oxygen atoms in total. The number of rotatable bonds is 19. The number of benzene rings is 1. The van der Waals surface area contributed by atoms with Gasteiger partial charge in [-0.1, -0.05) is 89.2 Å². The molecule has 0 unspecified atom stereocenters. The van der Waals surface area contributed by atoms with E-state index in [1.807, 2.05) is 0 Å². The maximum absolute atomic E-state index is 9.48. The van der Waals surface area contributed by atoms with Crippen molar-refractivity contribution in [2.24, 2.45) is 0 Å². The molecule has 30 heavy (non-hydrogen) atoms. The van der Waals surface area contributed by atoms with Gasteiger partial charge in [0, 0.05) is 11.6 Å². The quantitative estimate of drug-likeness (QED) is 0.241. The van der Waals surface area contributed by atoms with E-state index < -0.39 is 0 Å². The van der Waals surface area contributed by atoms with Crippen LogP contribution in [0.15, 0.2) is 18.2 Å². The molecule has 0 bridgehead atoms. The molecule has 1 N–H and O–H groups in total. The molecule has 1 aromatic rings. The molecule has 0 fully saturated rings. The number of aliphatic hydroxyl groups is 1. The molecule has 1 aromatic carbocycles. The van der Waals surface area contributed by atoms with Crippen LogP contribution in [-0.2, 0) is 16.1 Å². The van der Waals surface area contributed by atoms with Crippen molar-refractivity contribution in [1.82, 2.24) is 0 Å². The third-order valence-corrected chi connectivity index (χ3v) is 5.44. The minimum Gasteiger partial charge on any atom is -0.394 e. The van der Waals surface area contributed by atoms with Crippen LogP contribution in [0.4, 0.5) is 0 Å². The maximum Gasteiger partial charge on any atom is 0.104 e. The number of unbranched alkanes of at least 4 members (excludes halogenated alkanes) is 11. The fourth-order valence-corrected chi connectivity index (χ4v) is 3.68. The van der Waals surface area contributed by atoms with Gasteiger partial charge in [0.05, 0.1) is 31.5 Å². The maximum atomic E-state index is 9.48. The molecule has 0 aliphatic rings. The van der Waals surface area contributed by atoms with Crippen LogP contribution >= 0.6 is 11.6 Å². The van der Waals surface area contributed by atoms with Crippen molar-refractivity contribution in [2.75, 3.05) is 19.8 Å². The lowest BCUT2D eigenvalue weighted by Gasteiger charge is -2.16. The van der Waals surface area contributed by atoms with Crippen LogP contribution in [0.25, 0.3) is 0 Å². The molecule has 0 saturated heterocycles. The molecular weight excluding hydrogens is 398 g/mol. The van der Waals surface area contributed by atoms with Gasteiger partial charge in [0.2, 0.25) is 0 Å². The number of hydrogen-bond acceptors (Lipinski definition) is 4. The van der Waals surface area contributed by atoms with Gasteiger partial charge < -0.3 is 14.6 Å². The highest BCUT2D eigenvalue weighted by Crippen LogP contribution is 2.16. The van der Waals surface area contributed by atoms with Gasteiger partial charge in [-0.05, 0) is 30.2 Å². The van der Waals surface area contributed by atoms with E-state index in [1.165, 1.54) is 70.6 Å². The summed E-state index contributed by atoms with van der Waals surface area (Å²) in [6, 6.07) is 7.21. The zero-order chi connectivity index (χ0) is 21.9. The average molecular weight is 438 g/mol. The fourth-order valence-electron chi connectivity index (χ4n) is 3.43. The molecule has 0 aliphatic carbocycles. The van der Waals surface area contributed by atoms with Crippen molar-refractivity contribution in [3.8, 4) is 6.07 Å². The van der Waals surface area contributed by atoms with Gasteiger partial charge in [0.25, 0.3) is 0 Å². The Bertz CT molecular complexity index is 588. The van der Waals surface area contributed by atoms with E-state index in [9.17, 15) is 5.11 Å². The van der Waals surface area contributed by atoms with E-state index in [4.69, 9.17) is 26.3 Å². The summed E-state index contributed by atoms with van der Waals surface area (Å²) in [5.74, 6) is 0. The minimum atomic E-state index is -0.369. The van der Waals surface area contributed by atoms with E-state index in [1.54, 1.807) is 18.2 Å². The van der Waals surface area contributed by atoms with E-state index in [0.29, 0.717) is 30.4 Å². The second-order valence-corrected chi connectivity index (χ2v) is 8.48. The van der Waals surface area contributed by atoms with Crippen molar-refractivity contribution in [2.45, 2.75) is 96.7 Å². The summed E-state index contributed by atoms with van der Waals surface area (Å²) in [6.45, 7) is 3.54. The normalized spacial score (nSPS) is 12.1.